The smallest absolute Gasteiger partial charge is 0.147 e. The average Bonchev–Trinajstić information content (AvgIpc) is 2.39. The number of nitriles is 1. The summed E-state index contributed by atoms with van der Waals surface area (Å²) in [6.07, 6.45) is 1.73. The first-order valence-electron chi connectivity index (χ1n) is 6.25. The minimum atomic E-state index is 0.126. The fraction of sp³-hybridized carbons (Fsp3) is 0.571. The van der Waals surface area contributed by atoms with Crippen molar-refractivity contribution in [2.75, 3.05) is 38.9 Å². The van der Waals surface area contributed by atoms with Gasteiger partial charge in [-0.15, -0.1) is 0 Å². The van der Waals surface area contributed by atoms with Crippen LogP contribution in [-0.2, 0) is 9.47 Å². The van der Waals surface area contributed by atoms with Gasteiger partial charge in [0.2, 0.25) is 0 Å². The van der Waals surface area contributed by atoms with Gasteiger partial charge in [-0.05, 0) is 25.5 Å². The van der Waals surface area contributed by atoms with E-state index in [1.54, 1.807) is 20.4 Å². The first kappa shape index (κ1) is 15.4. The molecule has 0 bridgehead atoms. The molecule has 1 unspecified atom stereocenters. The van der Waals surface area contributed by atoms with Crippen molar-refractivity contribution >= 4 is 5.82 Å². The molecule has 0 aromatic carbocycles. The molecule has 0 spiro atoms. The lowest BCUT2D eigenvalue weighted by Crippen LogP contribution is -2.39. The van der Waals surface area contributed by atoms with Crippen molar-refractivity contribution in [1.29, 1.82) is 5.26 Å². The average molecular weight is 263 g/mol. The predicted octanol–water partition coefficient (Wildman–Crippen LogP) is 1.75. The van der Waals surface area contributed by atoms with Crippen LogP contribution in [0, 0.1) is 18.3 Å². The first-order chi connectivity index (χ1) is 9.15. The molecular weight excluding hydrogens is 242 g/mol. The van der Waals surface area contributed by atoms with Crippen LogP contribution in [0.3, 0.4) is 0 Å². The molecule has 5 nitrogen and oxygen atoms in total. The van der Waals surface area contributed by atoms with Gasteiger partial charge in [-0.1, -0.05) is 0 Å². The summed E-state index contributed by atoms with van der Waals surface area (Å²) in [5.74, 6) is 0.698. The lowest BCUT2D eigenvalue weighted by molar-refractivity contribution is 0.170. The van der Waals surface area contributed by atoms with Crippen molar-refractivity contribution in [2.45, 2.75) is 19.9 Å². The molecule has 0 N–H and O–H groups in total. The van der Waals surface area contributed by atoms with E-state index < -0.39 is 0 Å². The third-order valence-electron chi connectivity index (χ3n) is 3.00. The normalized spacial score (nSPS) is 11.9. The third kappa shape index (κ3) is 3.91. The molecule has 1 rings (SSSR count). The summed E-state index contributed by atoms with van der Waals surface area (Å²) in [6.45, 7) is 5.79. The van der Waals surface area contributed by atoms with E-state index in [1.807, 2.05) is 19.9 Å². The van der Waals surface area contributed by atoms with Gasteiger partial charge in [-0.2, -0.15) is 5.26 Å². The number of aryl methyl sites for hydroxylation is 1. The molecule has 1 atom stereocenters. The van der Waals surface area contributed by atoms with Crippen LogP contribution in [-0.4, -0.2) is 45.0 Å². The van der Waals surface area contributed by atoms with Crippen LogP contribution >= 0.6 is 0 Å². The van der Waals surface area contributed by atoms with Crippen molar-refractivity contribution in [3.05, 3.63) is 23.4 Å². The van der Waals surface area contributed by atoms with Crippen LogP contribution in [0.15, 0.2) is 12.3 Å². The number of aromatic nitrogens is 1. The van der Waals surface area contributed by atoms with E-state index in [0.717, 1.165) is 5.56 Å². The van der Waals surface area contributed by atoms with Crippen LogP contribution in [0.25, 0.3) is 0 Å². The van der Waals surface area contributed by atoms with E-state index in [2.05, 4.69) is 16.0 Å². The maximum atomic E-state index is 9.31. The molecule has 0 aliphatic rings. The second kappa shape index (κ2) is 7.72. The molecule has 1 aromatic heterocycles. The number of rotatable bonds is 7. The lowest BCUT2D eigenvalue weighted by atomic mass is 10.1. The molecule has 0 aliphatic heterocycles. The second-order valence-corrected chi connectivity index (χ2v) is 4.43. The Kier molecular flexibility index (Phi) is 6.26. The summed E-state index contributed by atoms with van der Waals surface area (Å²) in [4.78, 5) is 6.41. The van der Waals surface area contributed by atoms with Crippen LogP contribution in [0.1, 0.15) is 18.1 Å². The van der Waals surface area contributed by atoms with E-state index >= 15 is 0 Å². The van der Waals surface area contributed by atoms with Crippen LogP contribution in [0.4, 0.5) is 5.82 Å². The van der Waals surface area contributed by atoms with Gasteiger partial charge in [-0.3, -0.25) is 0 Å². The van der Waals surface area contributed by atoms with Crippen molar-refractivity contribution in [3.8, 4) is 6.07 Å². The minimum Gasteiger partial charge on any atom is -0.383 e. The largest absolute Gasteiger partial charge is 0.383 e. The Morgan fingerprint density at radius 2 is 2.16 bits per heavy atom. The highest BCUT2D eigenvalue weighted by atomic mass is 16.5. The molecule has 0 saturated heterocycles. The SMILES string of the molecule is COCCN(c1nccc(C)c1C#N)C(C)COC. The maximum absolute atomic E-state index is 9.31. The lowest BCUT2D eigenvalue weighted by Gasteiger charge is -2.30. The third-order valence-corrected chi connectivity index (χ3v) is 3.00. The molecule has 104 valence electrons. The van der Waals surface area contributed by atoms with Gasteiger partial charge in [0.05, 0.1) is 24.8 Å². The number of hydrogen-bond donors (Lipinski definition) is 0. The monoisotopic (exact) mass is 263 g/mol. The summed E-state index contributed by atoms with van der Waals surface area (Å²) in [6, 6.07) is 4.20. The highest BCUT2D eigenvalue weighted by molar-refractivity contribution is 5.57. The fourth-order valence-corrected chi connectivity index (χ4v) is 1.96. The Morgan fingerprint density at radius 1 is 1.42 bits per heavy atom. The molecule has 1 heterocycles. The van der Waals surface area contributed by atoms with Gasteiger partial charge in [0.25, 0.3) is 0 Å². The number of hydrogen-bond acceptors (Lipinski definition) is 5. The van der Waals surface area contributed by atoms with Crippen molar-refractivity contribution in [3.63, 3.8) is 0 Å². The molecule has 0 fully saturated rings. The standard InChI is InChI=1S/C14H21N3O2/c1-11-5-6-16-14(13(11)9-15)17(7-8-18-3)12(2)10-19-4/h5-6,12H,7-8,10H2,1-4H3. The van der Waals surface area contributed by atoms with Gasteiger partial charge < -0.3 is 14.4 Å². The number of ether oxygens (including phenoxy) is 2. The molecular formula is C14H21N3O2. The number of anilines is 1. The zero-order chi connectivity index (χ0) is 14.3. The predicted molar refractivity (Wildman–Crippen MR) is 74.2 cm³/mol. The van der Waals surface area contributed by atoms with E-state index in [-0.39, 0.29) is 6.04 Å². The van der Waals surface area contributed by atoms with Gasteiger partial charge in [0, 0.05) is 27.0 Å². The Bertz CT molecular complexity index is 443. The highest BCUT2D eigenvalue weighted by Crippen LogP contribution is 2.22. The molecule has 1 aromatic rings. The Hall–Kier alpha value is -1.64. The molecule has 0 saturated carbocycles. The summed E-state index contributed by atoms with van der Waals surface area (Å²) in [5.41, 5.74) is 1.54. The van der Waals surface area contributed by atoms with Gasteiger partial charge >= 0.3 is 0 Å². The second-order valence-electron chi connectivity index (χ2n) is 4.43. The molecule has 0 aliphatic carbocycles. The maximum Gasteiger partial charge on any atom is 0.147 e. The number of methoxy groups -OCH3 is 2. The molecule has 5 heteroatoms. The first-order valence-corrected chi connectivity index (χ1v) is 6.25. The topological polar surface area (TPSA) is 58.4 Å². The van der Waals surface area contributed by atoms with E-state index in [0.29, 0.717) is 31.1 Å². The van der Waals surface area contributed by atoms with Crippen LogP contribution in [0.2, 0.25) is 0 Å². The van der Waals surface area contributed by atoms with E-state index in [9.17, 15) is 5.26 Å². The zero-order valence-corrected chi connectivity index (χ0v) is 12.0. The van der Waals surface area contributed by atoms with Gasteiger partial charge in [0.15, 0.2) is 0 Å². The van der Waals surface area contributed by atoms with E-state index in [1.165, 1.54) is 0 Å². The van der Waals surface area contributed by atoms with E-state index in [4.69, 9.17) is 9.47 Å². The van der Waals surface area contributed by atoms with Gasteiger partial charge in [0.1, 0.15) is 11.9 Å². The summed E-state index contributed by atoms with van der Waals surface area (Å²) in [5, 5.41) is 9.31. The summed E-state index contributed by atoms with van der Waals surface area (Å²) < 4.78 is 10.3. The molecule has 0 radical (unpaired) electrons. The van der Waals surface area contributed by atoms with Crippen LogP contribution in [0.5, 0.6) is 0 Å². The quantitative estimate of drug-likeness (QED) is 0.750. The number of pyridine rings is 1. The Labute approximate surface area is 114 Å². The zero-order valence-electron chi connectivity index (χ0n) is 12.0. The Balaban J connectivity index is 3.10. The highest BCUT2D eigenvalue weighted by Gasteiger charge is 2.19. The van der Waals surface area contributed by atoms with Crippen molar-refractivity contribution in [1.82, 2.24) is 4.98 Å². The molecule has 0 amide bonds. The number of nitrogens with zero attached hydrogens (tertiary/aromatic N) is 3. The minimum absolute atomic E-state index is 0.126. The molecule has 19 heavy (non-hydrogen) atoms. The Morgan fingerprint density at radius 3 is 2.74 bits per heavy atom. The van der Waals surface area contributed by atoms with Crippen molar-refractivity contribution in [2.24, 2.45) is 0 Å². The summed E-state index contributed by atoms with van der Waals surface area (Å²) >= 11 is 0. The van der Waals surface area contributed by atoms with Crippen molar-refractivity contribution < 1.29 is 9.47 Å². The van der Waals surface area contributed by atoms with Gasteiger partial charge in [-0.25, -0.2) is 4.98 Å². The fourth-order valence-electron chi connectivity index (χ4n) is 1.96. The van der Waals surface area contributed by atoms with Crippen LogP contribution < -0.4 is 4.90 Å². The summed E-state index contributed by atoms with van der Waals surface area (Å²) in [7, 11) is 3.33.